The Morgan fingerprint density at radius 2 is 1.31 bits per heavy atom. The van der Waals surface area contributed by atoms with Gasteiger partial charge in [0.1, 0.15) is 0 Å². The van der Waals surface area contributed by atoms with Crippen LogP contribution in [0.3, 0.4) is 0 Å². The number of Topliss-reactive ketones (excluding diaryl/α,β-unsaturated/α-hetero) is 1. The number of ketones is 1. The van der Waals surface area contributed by atoms with Crippen molar-refractivity contribution < 1.29 is 39.5 Å². The molecule has 0 radical (unpaired) electrons. The van der Waals surface area contributed by atoms with Crippen molar-refractivity contribution in [2.24, 2.45) is 0 Å². The Balaban J connectivity index is 0.00000243. The summed E-state index contributed by atoms with van der Waals surface area (Å²) in [6.45, 7) is 0. The molecule has 0 saturated carbocycles. The number of carbonyl (C=O) groups is 1. The molecule has 2 nitrogen and oxygen atoms in total. The molecule has 2 aromatic carbocycles. The molecule has 0 fully saturated rings. The largest absolute Gasteiger partial charge is 1.00 e. The van der Waals surface area contributed by atoms with E-state index in [1.807, 2.05) is 30.3 Å². The van der Waals surface area contributed by atoms with E-state index >= 15 is 0 Å². The van der Waals surface area contributed by atoms with Crippen LogP contribution in [0.4, 0.5) is 0 Å². The monoisotopic (exact) mass is 608 g/mol. The van der Waals surface area contributed by atoms with Crippen LogP contribution in [-0.2, 0) is 4.79 Å². The van der Waals surface area contributed by atoms with Gasteiger partial charge in [-0.1, -0.05) is 67.9 Å². The first kappa shape index (κ1) is 22.3. The predicted molar refractivity (Wildman–Crippen MR) is 113 cm³/mol. The zero-order chi connectivity index (χ0) is 18.1. The molecule has 0 amide bonds. The molecule has 7 heteroatoms. The zero-order valence-corrected chi connectivity index (χ0v) is 21.9. The number of halogens is 4. The van der Waals surface area contributed by atoms with Gasteiger partial charge in [-0.15, -0.1) is 0 Å². The van der Waals surface area contributed by atoms with E-state index in [9.17, 15) is 9.90 Å². The summed E-state index contributed by atoms with van der Waals surface area (Å²) in [7, 11) is 0. The van der Waals surface area contributed by atoms with E-state index < -0.39 is 0 Å². The van der Waals surface area contributed by atoms with E-state index in [1.165, 1.54) is 0 Å². The van der Waals surface area contributed by atoms with Gasteiger partial charge in [0, 0.05) is 8.95 Å². The van der Waals surface area contributed by atoms with Crippen molar-refractivity contribution in [2.75, 3.05) is 0 Å². The molecule has 126 valence electrons. The van der Waals surface area contributed by atoms with Gasteiger partial charge >= 0.3 is 29.6 Å². The van der Waals surface area contributed by atoms with E-state index in [-0.39, 0.29) is 41.1 Å². The average Bonchev–Trinajstić information content (AvgIpc) is 2.58. The van der Waals surface area contributed by atoms with Crippen molar-refractivity contribution in [3.8, 4) is 5.75 Å². The second-order valence-corrected chi connectivity index (χ2v) is 8.70. The van der Waals surface area contributed by atoms with Crippen molar-refractivity contribution in [3.63, 3.8) is 0 Å². The molecule has 0 unspecified atom stereocenters. The third kappa shape index (κ3) is 4.72. The fourth-order valence-electron chi connectivity index (χ4n) is 2.51. The maximum Gasteiger partial charge on any atom is 1.00 e. The summed E-state index contributed by atoms with van der Waals surface area (Å²) in [4.78, 5) is 12.0. The van der Waals surface area contributed by atoms with Crippen molar-refractivity contribution in [3.05, 3.63) is 89.2 Å². The summed E-state index contributed by atoms with van der Waals surface area (Å²) in [6, 6.07) is 13.4. The molecule has 0 saturated heterocycles. The minimum Gasteiger partial charge on any atom is -0.871 e. The maximum absolute atomic E-state index is 12.0. The molecule has 0 N–H and O–H groups in total. The minimum atomic E-state index is -0.103. The molecule has 0 heterocycles. The molecule has 26 heavy (non-hydrogen) atoms. The van der Waals surface area contributed by atoms with Gasteiger partial charge in [-0.05, 0) is 78.4 Å². The fraction of sp³-hybridized carbons (Fsp3) is 0. The molecule has 0 aromatic heterocycles. The van der Waals surface area contributed by atoms with Gasteiger partial charge in [-0.25, -0.2) is 0 Å². The SMILES string of the molecule is O=C1C(Br)=CC(=C(c2ccccc2)c2cc(Br)c([O-])c(Br)c2)C=C1Br.[Na+]. The predicted octanol–water partition coefficient (Wildman–Crippen LogP) is 3.23. The number of carbonyl (C=O) groups excluding carboxylic acids is 1. The van der Waals surface area contributed by atoms with Crippen LogP contribution in [0.2, 0.25) is 0 Å². The van der Waals surface area contributed by atoms with Crippen LogP contribution in [0, 0.1) is 0 Å². The Kier molecular flexibility index (Phi) is 8.16. The molecular formula is C19H9Br4NaO2. The summed E-state index contributed by atoms with van der Waals surface area (Å²) in [5, 5.41) is 12.0. The van der Waals surface area contributed by atoms with Crippen molar-refractivity contribution in [1.82, 2.24) is 0 Å². The first-order valence-electron chi connectivity index (χ1n) is 7.13. The quantitative estimate of drug-likeness (QED) is 0.490. The number of rotatable bonds is 2. The van der Waals surface area contributed by atoms with Crippen LogP contribution in [0.1, 0.15) is 11.1 Å². The van der Waals surface area contributed by atoms with Gasteiger partial charge in [0.05, 0.1) is 8.96 Å². The van der Waals surface area contributed by atoms with Crippen LogP contribution in [0.15, 0.2) is 78.1 Å². The zero-order valence-electron chi connectivity index (χ0n) is 13.5. The van der Waals surface area contributed by atoms with E-state index in [0.717, 1.165) is 22.3 Å². The fourth-order valence-corrected chi connectivity index (χ4v) is 4.89. The topological polar surface area (TPSA) is 40.1 Å². The number of hydrogen-bond donors (Lipinski definition) is 0. The van der Waals surface area contributed by atoms with Crippen LogP contribution in [0.5, 0.6) is 5.75 Å². The first-order valence-corrected chi connectivity index (χ1v) is 10.3. The van der Waals surface area contributed by atoms with Crippen molar-refractivity contribution in [1.29, 1.82) is 0 Å². The van der Waals surface area contributed by atoms with Crippen LogP contribution in [0.25, 0.3) is 5.57 Å². The van der Waals surface area contributed by atoms with Gasteiger partial charge < -0.3 is 5.11 Å². The Hall–Kier alpha value is 0.0500. The maximum atomic E-state index is 12.0. The second-order valence-electron chi connectivity index (χ2n) is 5.28. The van der Waals surface area contributed by atoms with Gasteiger partial charge in [-0.3, -0.25) is 4.79 Å². The molecular weight excluding hydrogens is 603 g/mol. The molecule has 1 aliphatic rings. The molecule has 2 aromatic rings. The van der Waals surface area contributed by atoms with Gasteiger partial charge in [0.2, 0.25) is 5.78 Å². The molecule has 1 aliphatic carbocycles. The van der Waals surface area contributed by atoms with Crippen LogP contribution in [-0.4, -0.2) is 5.78 Å². The summed E-state index contributed by atoms with van der Waals surface area (Å²) in [6.07, 6.45) is 3.59. The van der Waals surface area contributed by atoms with Crippen LogP contribution < -0.4 is 34.7 Å². The average molecular weight is 612 g/mol. The summed E-state index contributed by atoms with van der Waals surface area (Å²) < 4.78 is 1.90. The van der Waals surface area contributed by atoms with Gasteiger partial charge in [0.25, 0.3) is 0 Å². The summed E-state index contributed by atoms with van der Waals surface area (Å²) in [5.41, 5.74) is 3.63. The Morgan fingerprint density at radius 1 is 0.808 bits per heavy atom. The van der Waals surface area contributed by atoms with Crippen molar-refractivity contribution >= 4 is 75.1 Å². The molecule has 3 rings (SSSR count). The summed E-state index contributed by atoms with van der Waals surface area (Å²) >= 11 is 13.3. The smallest absolute Gasteiger partial charge is 0.871 e. The third-order valence-electron chi connectivity index (χ3n) is 3.64. The van der Waals surface area contributed by atoms with Gasteiger partial charge in [0.15, 0.2) is 0 Å². The Bertz CT molecular complexity index is 916. The Morgan fingerprint density at radius 3 is 1.81 bits per heavy atom. The van der Waals surface area contributed by atoms with Gasteiger partial charge in [-0.2, -0.15) is 0 Å². The van der Waals surface area contributed by atoms with E-state index in [4.69, 9.17) is 0 Å². The van der Waals surface area contributed by atoms with E-state index in [0.29, 0.717) is 17.9 Å². The third-order valence-corrected chi connectivity index (χ3v) is 5.99. The number of hydrogen-bond acceptors (Lipinski definition) is 2. The second kappa shape index (κ2) is 9.50. The van der Waals surface area contributed by atoms with Crippen LogP contribution >= 0.6 is 63.7 Å². The molecule has 0 spiro atoms. The van der Waals surface area contributed by atoms with E-state index in [2.05, 4.69) is 63.7 Å². The summed E-state index contributed by atoms with van der Waals surface area (Å²) in [5.74, 6) is -0.207. The Labute approximate surface area is 207 Å². The molecule has 0 bridgehead atoms. The molecule has 0 atom stereocenters. The number of benzene rings is 2. The van der Waals surface area contributed by atoms with E-state index in [1.54, 1.807) is 24.3 Å². The first-order chi connectivity index (χ1) is 11.9. The minimum absolute atomic E-state index is 0. The van der Waals surface area contributed by atoms with Crippen molar-refractivity contribution in [2.45, 2.75) is 0 Å². The normalized spacial score (nSPS) is 13.7. The standard InChI is InChI=1S/C19H10Br4O2.Na/c20-13-6-11(7-14(21)18(13)24)17(10-4-2-1-3-5-10)12-8-15(22)19(25)16(23)9-12;/h1-9,24H;/q;+1/p-1. The number of allylic oxidation sites excluding steroid dienone is 5. The molecule has 0 aliphatic heterocycles.